The van der Waals surface area contributed by atoms with Crippen LogP contribution in [0, 0.1) is 11.3 Å². The second-order valence-corrected chi connectivity index (χ2v) is 8.50. The Balaban J connectivity index is 1.68. The third kappa shape index (κ3) is 5.89. The van der Waals surface area contributed by atoms with Crippen molar-refractivity contribution in [2.75, 3.05) is 25.5 Å². The van der Waals surface area contributed by atoms with E-state index in [2.05, 4.69) is 40.3 Å². The summed E-state index contributed by atoms with van der Waals surface area (Å²) in [6.45, 7) is 10.4. The lowest BCUT2D eigenvalue weighted by Crippen LogP contribution is -2.34. The summed E-state index contributed by atoms with van der Waals surface area (Å²) in [7, 11) is 1.64. The van der Waals surface area contributed by atoms with Crippen LogP contribution in [-0.2, 0) is 11.3 Å². The van der Waals surface area contributed by atoms with Crippen molar-refractivity contribution in [3.8, 4) is 6.07 Å². The summed E-state index contributed by atoms with van der Waals surface area (Å²) in [6, 6.07) is 15.9. The van der Waals surface area contributed by atoms with Crippen LogP contribution in [0.3, 0.4) is 0 Å². The largest absolute Gasteiger partial charge is 0.380 e. The number of carbonyl (C=O) groups is 1. The molecule has 32 heavy (non-hydrogen) atoms. The van der Waals surface area contributed by atoms with Crippen LogP contribution < -0.4 is 10.6 Å². The minimum atomic E-state index is -0.233. The molecule has 2 N–H and O–H groups in total. The maximum atomic E-state index is 12.3. The lowest BCUT2D eigenvalue weighted by Gasteiger charge is -2.35. The van der Waals surface area contributed by atoms with E-state index in [0.717, 1.165) is 48.4 Å². The number of benzene rings is 2. The van der Waals surface area contributed by atoms with Gasteiger partial charge in [-0.1, -0.05) is 30.8 Å². The number of hydrogen-bond donors (Lipinski definition) is 2. The van der Waals surface area contributed by atoms with Gasteiger partial charge in [-0.3, -0.25) is 0 Å². The fourth-order valence-corrected chi connectivity index (χ4v) is 4.07. The minimum Gasteiger partial charge on any atom is -0.380 e. The van der Waals surface area contributed by atoms with Crippen LogP contribution >= 0.6 is 0 Å². The zero-order valence-electron chi connectivity index (χ0n) is 19.1. The molecule has 0 atom stereocenters. The van der Waals surface area contributed by atoms with Crippen molar-refractivity contribution in [3.05, 3.63) is 71.3 Å². The fourth-order valence-electron chi connectivity index (χ4n) is 4.07. The van der Waals surface area contributed by atoms with Gasteiger partial charge in [0.1, 0.15) is 0 Å². The average Bonchev–Trinajstić information content (AvgIpc) is 2.79. The molecular formula is C26H32N4O2. The van der Waals surface area contributed by atoms with Gasteiger partial charge in [-0.15, -0.1) is 0 Å². The van der Waals surface area contributed by atoms with E-state index in [1.807, 2.05) is 44.2 Å². The van der Waals surface area contributed by atoms with Crippen LogP contribution in [0.5, 0.6) is 0 Å². The number of nitrogens with zero attached hydrogens (tertiary/aromatic N) is 2. The van der Waals surface area contributed by atoms with Gasteiger partial charge >= 0.3 is 6.03 Å². The van der Waals surface area contributed by atoms with Crippen LogP contribution in [0.1, 0.15) is 54.9 Å². The molecule has 3 rings (SSSR count). The van der Waals surface area contributed by atoms with Crippen LogP contribution in [0.15, 0.2) is 49.0 Å². The summed E-state index contributed by atoms with van der Waals surface area (Å²) >= 11 is 0. The van der Waals surface area contributed by atoms with Gasteiger partial charge in [-0.25, -0.2) is 4.79 Å². The molecule has 168 valence electrons. The standard InChI is InChI=1S/C26H32N4O2/c1-18(2)28-26(31)29-25-15-23(9-10-24(25)17-32-4)19(3)30-13-11-22(12-14-30)21-7-5-20(16-27)6-8-21/h5-10,15,18,22H,3,11-14,17H2,1-2,4H3,(H2,28,29,31). The number of hydrogen-bond acceptors (Lipinski definition) is 4. The summed E-state index contributed by atoms with van der Waals surface area (Å²) in [6.07, 6.45) is 2.07. The monoisotopic (exact) mass is 432 g/mol. The minimum absolute atomic E-state index is 0.0522. The first-order chi connectivity index (χ1) is 15.4. The molecule has 0 bridgehead atoms. The number of amides is 2. The van der Waals surface area contributed by atoms with Gasteiger partial charge in [0, 0.05) is 43.2 Å². The van der Waals surface area contributed by atoms with Crippen LogP contribution in [-0.4, -0.2) is 37.2 Å². The highest BCUT2D eigenvalue weighted by Gasteiger charge is 2.22. The zero-order chi connectivity index (χ0) is 23.1. The van der Waals surface area contributed by atoms with Crippen molar-refractivity contribution in [2.45, 2.75) is 45.3 Å². The number of anilines is 1. The van der Waals surface area contributed by atoms with E-state index in [1.54, 1.807) is 7.11 Å². The third-order valence-electron chi connectivity index (χ3n) is 5.80. The molecule has 1 aliphatic rings. The van der Waals surface area contributed by atoms with Crippen molar-refractivity contribution in [3.63, 3.8) is 0 Å². The van der Waals surface area contributed by atoms with Gasteiger partial charge < -0.3 is 20.3 Å². The number of ether oxygens (including phenoxy) is 1. The van der Waals surface area contributed by atoms with E-state index in [9.17, 15) is 4.79 Å². The molecule has 0 saturated carbocycles. The summed E-state index contributed by atoms with van der Waals surface area (Å²) in [4.78, 5) is 14.6. The number of piperidine rings is 1. The SMILES string of the molecule is C=C(c1ccc(COC)c(NC(=O)NC(C)C)c1)N1CCC(c2ccc(C#N)cc2)CC1. The van der Waals surface area contributed by atoms with Gasteiger partial charge in [0.25, 0.3) is 0 Å². The highest BCUT2D eigenvalue weighted by molar-refractivity contribution is 5.91. The van der Waals surface area contributed by atoms with Gasteiger partial charge in [0.15, 0.2) is 0 Å². The van der Waals surface area contributed by atoms with E-state index < -0.39 is 0 Å². The molecule has 2 aromatic rings. The Hall–Kier alpha value is -3.30. The molecule has 6 nitrogen and oxygen atoms in total. The maximum Gasteiger partial charge on any atom is 0.319 e. The molecule has 0 spiro atoms. The Morgan fingerprint density at radius 1 is 1.22 bits per heavy atom. The Bertz CT molecular complexity index is 984. The molecule has 0 radical (unpaired) electrons. The van der Waals surface area contributed by atoms with Crippen molar-refractivity contribution in [2.24, 2.45) is 0 Å². The maximum absolute atomic E-state index is 12.3. The number of rotatable bonds is 7. The topological polar surface area (TPSA) is 77.4 Å². The van der Waals surface area contributed by atoms with E-state index in [-0.39, 0.29) is 12.1 Å². The van der Waals surface area contributed by atoms with Crippen molar-refractivity contribution in [1.29, 1.82) is 5.26 Å². The second kappa shape index (κ2) is 10.8. The highest BCUT2D eigenvalue weighted by atomic mass is 16.5. The predicted octanol–water partition coefficient (Wildman–Crippen LogP) is 5.08. The molecule has 2 amide bonds. The Morgan fingerprint density at radius 3 is 2.50 bits per heavy atom. The predicted molar refractivity (Wildman–Crippen MR) is 128 cm³/mol. The molecular weight excluding hydrogens is 400 g/mol. The molecule has 1 saturated heterocycles. The Morgan fingerprint density at radius 2 is 1.91 bits per heavy atom. The third-order valence-corrected chi connectivity index (χ3v) is 5.80. The molecule has 2 aromatic carbocycles. The number of likely N-dealkylation sites (tertiary alicyclic amines) is 1. The molecule has 1 aliphatic heterocycles. The average molecular weight is 433 g/mol. The van der Waals surface area contributed by atoms with Crippen molar-refractivity contribution in [1.82, 2.24) is 10.2 Å². The summed E-state index contributed by atoms with van der Waals surface area (Å²) in [5.41, 5.74) is 5.59. The van der Waals surface area contributed by atoms with Crippen molar-refractivity contribution < 1.29 is 9.53 Å². The van der Waals surface area contributed by atoms with Gasteiger partial charge in [0.2, 0.25) is 0 Å². The van der Waals surface area contributed by atoms with Gasteiger partial charge in [-0.2, -0.15) is 5.26 Å². The molecule has 0 unspecified atom stereocenters. The van der Waals surface area contributed by atoms with E-state index in [4.69, 9.17) is 10.00 Å². The molecule has 1 fully saturated rings. The lowest BCUT2D eigenvalue weighted by molar-refractivity contribution is 0.185. The summed E-state index contributed by atoms with van der Waals surface area (Å²) in [5, 5.41) is 14.8. The van der Waals surface area contributed by atoms with Crippen LogP contribution in [0.4, 0.5) is 10.5 Å². The normalized spacial score (nSPS) is 14.2. The smallest absolute Gasteiger partial charge is 0.319 e. The fraction of sp³-hybridized carbons (Fsp3) is 0.385. The molecule has 1 heterocycles. The van der Waals surface area contributed by atoms with Gasteiger partial charge in [0.05, 0.1) is 18.2 Å². The molecule has 6 heteroatoms. The lowest BCUT2D eigenvalue weighted by atomic mass is 9.88. The Kier molecular flexibility index (Phi) is 7.91. The Labute approximate surface area is 190 Å². The summed E-state index contributed by atoms with van der Waals surface area (Å²) < 4.78 is 5.29. The quantitative estimate of drug-likeness (QED) is 0.639. The van der Waals surface area contributed by atoms with E-state index in [1.165, 1.54) is 5.56 Å². The number of methoxy groups -OCH3 is 1. The molecule has 0 aromatic heterocycles. The van der Waals surface area contributed by atoms with Crippen LogP contribution in [0.2, 0.25) is 0 Å². The second-order valence-electron chi connectivity index (χ2n) is 8.50. The van der Waals surface area contributed by atoms with E-state index in [0.29, 0.717) is 18.1 Å². The number of carbonyl (C=O) groups excluding carboxylic acids is 1. The number of urea groups is 1. The summed E-state index contributed by atoms with van der Waals surface area (Å²) in [5.74, 6) is 0.493. The zero-order valence-corrected chi connectivity index (χ0v) is 19.1. The number of nitrogens with one attached hydrogen (secondary N) is 2. The van der Waals surface area contributed by atoms with Crippen LogP contribution in [0.25, 0.3) is 5.70 Å². The molecule has 0 aliphatic carbocycles. The first-order valence-electron chi connectivity index (χ1n) is 11.0. The van der Waals surface area contributed by atoms with Gasteiger partial charge in [-0.05, 0) is 61.9 Å². The van der Waals surface area contributed by atoms with Crippen molar-refractivity contribution >= 4 is 17.4 Å². The highest BCUT2D eigenvalue weighted by Crippen LogP contribution is 2.32. The first kappa shape index (κ1) is 23.4. The van der Waals surface area contributed by atoms with E-state index >= 15 is 0 Å². The number of nitriles is 1. The first-order valence-corrected chi connectivity index (χ1v) is 11.0.